The van der Waals surface area contributed by atoms with Crippen LogP contribution >= 0.6 is 0 Å². The Labute approximate surface area is 133 Å². The van der Waals surface area contributed by atoms with Crippen LogP contribution in [0.25, 0.3) is 32.6 Å². The number of hydrogen-bond acceptors (Lipinski definition) is 3. The van der Waals surface area contributed by atoms with Gasteiger partial charge in [-0.15, -0.1) is 0 Å². The highest BCUT2D eigenvalue weighted by Crippen LogP contribution is 2.37. The van der Waals surface area contributed by atoms with E-state index in [2.05, 4.69) is 26.1 Å². The van der Waals surface area contributed by atoms with Crippen molar-refractivity contribution < 1.29 is 10.2 Å². The molecule has 4 heteroatoms. The summed E-state index contributed by atoms with van der Waals surface area (Å²) in [6.45, 7) is 4.88. The zero-order valence-electron chi connectivity index (χ0n) is 13.2. The summed E-state index contributed by atoms with van der Waals surface area (Å²) in [5.41, 5.74) is 4.20. The summed E-state index contributed by atoms with van der Waals surface area (Å²) in [6, 6.07) is 7.41. The number of aromatic hydroxyl groups is 1. The number of aromatic nitrogens is 2. The summed E-state index contributed by atoms with van der Waals surface area (Å²) in [4.78, 5) is 4.77. The van der Waals surface area contributed by atoms with Gasteiger partial charge in [-0.25, -0.2) is 4.98 Å². The molecular weight excluding hydrogens is 288 g/mol. The van der Waals surface area contributed by atoms with E-state index in [1.54, 1.807) is 12.1 Å². The smallest absolute Gasteiger partial charge is 0.116 e. The molecule has 4 rings (SSSR count). The molecule has 2 aromatic heterocycles. The quantitative estimate of drug-likeness (QED) is 0.594. The Morgan fingerprint density at radius 2 is 1.87 bits per heavy atom. The van der Waals surface area contributed by atoms with E-state index < -0.39 is 0 Å². The first-order valence-corrected chi connectivity index (χ1v) is 7.72. The Kier molecular flexibility index (Phi) is 3.03. The minimum Gasteiger partial charge on any atom is -0.508 e. The van der Waals surface area contributed by atoms with Crippen molar-refractivity contribution in [2.45, 2.75) is 20.4 Å². The van der Waals surface area contributed by atoms with Crippen molar-refractivity contribution in [2.75, 3.05) is 6.61 Å². The van der Waals surface area contributed by atoms with Crippen LogP contribution in [-0.2, 0) is 6.54 Å². The fourth-order valence-electron chi connectivity index (χ4n) is 3.46. The molecule has 0 bridgehead atoms. The third-order valence-electron chi connectivity index (χ3n) is 4.63. The van der Waals surface area contributed by atoms with Crippen molar-refractivity contribution in [3.63, 3.8) is 0 Å². The minimum absolute atomic E-state index is 0.116. The van der Waals surface area contributed by atoms with Gasteiger partial charge in [0.2, 0.25) is 0 Å². The van der Waals surface area contributed by atoms with E-state index in [1.807, 2.05) is 16.8 Å². The van der Waals surface area contributed by atoms with Gasteiger partial charge >= 0.3 is 0 Å². The van der Waals surface area contributed by atoms with Crippen molar-refractivity contribution in [1.29, 1.82) is 0 Å². The van der Waals surface area contributed by atoms with Crippen molar-refractivity contribution in [1.82, 2.24) is 9.55 Å². The molecule has 4 nitrogen and oxygen atoms in total. The second-order valence-electron chi connectivity index (χ2n) is 6.02. The van der Waals surface area contributed by atoms with E-state index in [9.17, 15) is 5.11 Å². The molecule has 116 valence electrons. The van der Waals surface area contributed by atoms with Crippen LogP contribution in [0.5, 0.6) is 5.75 Å². The van der Waals surface area contributed by atoms with Crippen LogP contribution in [0.2, 0.25) is 0 Å². The molecule has 4 aromatic rings. The van der Waals surface area contributed by atoms with Crippen LogP contribution in [0, 0.1) is 13.8 Å². The lowest BCUT2D eigenvalue weighted by molar-refractivity contribution is 0.276. The summed E-state index contributed by atoms with van der Waals surface area (Å²) in [6.07, 6.45) is 4.07. The van der Waals surface area contributed by atoms with Gasteiger partial charge in [-0.3, -0.25) is 0 Å². The number of aliphatic hydroxyl groups excluding tert-OH is 1. The number of phenolic OH excluding ortho intramolecular Hbond substituents is 1. The summed E-state index contributed by atoms with van der Waals surface area (Å²) < 4.78 is 2.00. The monoisotopic (exact) mass is 306 g/mol. The first kappa shape index (κ1) is 14.0. The maximum absolute atomic E-state index is 9.84. The molecule has 0 fully saturated rings. The van der Waals surface area contributed by atoms with Crippen molar-refractivity contribution in [2.24, 2.45) is 0 Å². The third kappa shape index (κ3) is 1.99. The number of aryl methyl sites for hydroxylation is 2. The number of rotatable bonds is 2. The molecule has 0 aliphatic carbocycles. The third-order valence-corrected chi connectivity index (χ3v) is 4.63. The molecule has 0 saturated heterocycles. The van der Waals surface area contributed by atoms with Crippen LogP contribution in [0.4, 0.5) is 0 Å². The Balaban J connectivity index is 2.19. The van der Waals surface area contributed by atoms with Crippen molar-refractivity contribution in [3.05, 3.63) is 47.8 Å². The van der Waals surface area contributed by atoms with Crippen LogP contribution in [0.15, 0.2) is 36.7 Å². The van der Waals surface area contributed by atoms with E-state index in [0.29, 0.717) is 6.54 Å². The molecule has 0 amide bonds. The Morgan fingerprint density at radius 3 is 2.65 bits per heavy atom. The molecule has 0 spiro atoms. The average Bonchev–Trinajstić information content (AvgIpc) is 2.92. The normalized spacial score (nSPS) is 11.8. The van der Waals surface area contributed by atoms with Crippen LogP contribution in [0.3, 0.4) is 0 Å². The van der Waals surface area contributed by atoms with Gasteiger partial charge in [-0.1, -0.05) is 0 Å². The molecule has 0 atom stereocenters. The molecular formula is C19H18N2O2. The van der Waals surface area contributed by atoms with Gasteiger partial charge in [0.05, 0.1) is 17.6 Å². The van der Waals surface area contributed by atoms with Gasteiger partial charge in [0.25, 0.3) is 0 Å². The van der Waals surface area contributed by atoms with Gasteiger partial charge in [0.1, 0.15) is 5.75 Å². The van der Waals surface area contributed by atoms with Crippen molar-refractivity contribution in [3.8, 4) is 5.75 Å². The van der Waals surface area contributed by atoms with E-state index >= 15 is 0 Å². The van der Waals surface area contributed by atoms with E-state index in [1.165, 1.54) is 5.39 Å². The zero-order valence-corrected chi connectivity index (χ0v) is 13.2. The average molecular weight is 306 g/mol. The minimum atomic E-state index is 0.116. The van der Waals surface area contributed by atoms with Crippen LogP contribution < -0.4 is 0 Å². The zero-order chi connectivity index (χ0) is 16.1. The first-order valence-electron chi connectivity index (χ1n) is 7.72. The van der Waals surface area contributed by atoms with E-state index in [-0.39, 0.29) is 12.4 Å². The number of phenols is 1. The molecule has 0 aliphatic rings. The largest absolute Gasteiger partial charge is 0.508 e. The Bertz CT molecular complexity index is 1060. The Hall–Kier alpha value is -2.59. The molecule has 23 heavy (non-hydrogen) atoms. The highest BCUT2D eigenvalue weighted by atomic mass is 16.3. The standard InChI is InChI=1S/C19H18N2O2/c1-11-16-10-21(7-8-22)6-5-14(16)12(2)19-18(11)15-9-13(23)3-4-17(15)20-19/h3-6,9-10,22-23H,7-8H2,1-2H3. The number of fused-ring (bicyclic) bond motifs is 4. The lowest BCUT2D eigenvalue weighted by Crippen LogP contribution is -2.02. The predicted molar refractivity (Wildman–Crippen MR) is 93.0 cm³/mol. The molecule has 0 saturated carbocycles. The van der Waals surface area contributed by atoms with Gasteiger partial charge in [0.15, 0.2) is 0 Å². The lowest BCUT2D eigenvalue weighted by atomic mass is 9.97. The summed E-state index contributed by atoms with van der Waals surface area (Å²) in [7, 11) is 0. The Morgan fingerprint density at radius 1 is 1.04 bits per heavy atom. The predicted octanol–water partition coefficient (Wildman–Crippen LogP) is 3.66. The first-order chi connectivity index (χ1) is 11.1. The fourth-order valence-corrected chi connectivity index (χ4v) is 3.46. The van der Waals surface area contributed by atoms with Gasteiger partial charge in [0, 0.05) is 35.1 Å². The molecule has 0 radical (unpaired) electrons. The molecule has 0 unspecified atom stereocenters. The second-order valence-corrected chi connectivity index (χ2v) is 6.02. The molecule has 0 aliphatic heterocycles. The summed E-state index contributed by atoms with van der Waals surface area (Å²) in [5.74, 6) is 0.257. The number of nitrogens with zero attached hydrogens (tertiary/aromatic N) is 2. The topological polar surface area (TPSA) is 58.3 Å². The second kappa shape index (κ2) is 4.96. The maximum Gasteiger partial charge on any atom is 0.116 e. The lowest BCUT2D eigenvalue weighted by Gasteiger charge is -2.12. The molecule has 2 heterocycles. The summed E-state index contributed by atoms with van der Waals surface area (Å²) in [5, 5.41) is 23.4. The number of benzene rings is 2. The highest BCUT2D eigenvalue weighted by Gasteiger charge is 2.15. The van der Waals surface area contributed by atoms with Crippen molar-refractivity contribution >= 4 is 32.6 Å². The van der Waals surface area contributed by atoms with Gasteiger partial charge < -0.3 is 14.8 Å². The number of pyridine rings is 1. The number of hydrogen-bond donors (Lipinski definition) is 2. The SMILES string of the molecule is Cc1c2ccn(CCO)cc2c(C)c2c1nc1ccc(O)cc12. The van der Waals surface area contributed by atoms with Crippen LogP contribution in [-0.4, -0.2) is 26.4 Å². The highest BCUT2D eigenvalue weighted by molar-refractivity contribution is 6.16. The van der Waals surface area contributed by atoms with Gasteiger partial charge in [-0.05, 0) is 54.6 Å². The molecule has 2 N–H and O–H groups in total. The van der Waals surface area contributed by atoms with Gasteiger partial charge in [-0.2, -0.15) is 0 Å². The fraction of sp³-hybridized carbons (Fsp3) is 0.211. The maximum atomic E-state index is 9.84. The van der Waals surface area contributed by atoms with E-state index in [0.717, 1.165) is 38.3 Å². The van der Waals surface area contributed by atoms with E-state index in [4.69, 9.17) is 10.1 Å². The molecule has 2 aromatic carbocycles. The number of aliphatic hydroxyl groups is 1. The summed E-state index contributed by atoms with van der Waals surface area (Å²) >= 11 is 0. The van der Waals surface area contributed by atoms with Crippen LogP contribution in [0.1, 0.15) is 11.1 Å².